The largest absolute Gasteiger partial charge is 0.0822 e. The number of allylic oxidation sites excluding steroid dienone is 2. The van der Waals surface area contributed by atoms with Crippen molar-refractivity contribution >= 4 is 0 Å². The normalized spacial score (nSPS) is 43.5. The van der Waals surface area contributed by atoms with Gasteiger partial charge in [-0.05, 0) is 43.9 Å². The van der Waals surface area contributed by atoms with E-state index in [-0.39, 0.29) is 0 Å². The third kappa shape index (κ3) is 1.36. The molecule has 0 aromatic heterocycles. The topological polar surface area (TPSA) is 0 Å². The second-order valence-electron chi connectivity index (χ2n) is 4.56. The second kappa shape index (κ2) is 2.66. The molecule has 62 valence electrons. The van der Waals surface area contributed by atoms with E-state index in [1.54, 1.807) is 5.57 Å². The average Bonchev–Trinajstić information content (AvgIpc) is 2.27. The van der Waals surface area contributed by atoms with Gasteiger partial charge in [0.1, 0.15) is 0 Å². The molecule has 0 saturated heterocycles. The van der Waals surface area contributed by atoms with Gasteiger partial charge >= 0.3 is 0 Å². The summed E-state index contributed by atoms with van der Waals surface area (Å²) >= 11 is 0. The summed E-state index contributed by atoms with van der Waals surface area (Å²) in [6.45, 7) is 4.70. The maximum absolute atomic E-state index is 2.53. The molecule has 0 heterocycles. The standard InChI is InChI=1S/C11H18/c1-8-3-4-10-6-9(2)7-11(10)5-8/h7-8,10-11H,3-6H2,1-2H3. The Morgan fingerprint density at radius 2 is 2.18 bits per heavy atom. The van der Waals surface area contributed by atoms with Gasteiger partial charge in [-0.25, -0.2) is 0 Å². The zero-order chi connectivity index (χ0) is 7.84. The van der Waals surface area contributed by atoms with Gasteiger partial charge in [-0.2, -0.15) is 0 Å². The lowest BCUT2D eigenvalue weighted by Crippen LogP contribution is -2.18. The van der Waals surface area contributed by atoms with Crippen LogP contribution in [0.25, 0.3) is 0 Å². The Kier molecular flexibility index (Phi) is 1.78. The van der Waals surface area contributed by atoms with Crippen LogP contribution in [0, 0.1) is 17.8 Å². The molecule has 0 aliphatic heterocycles. The van der Waals surface area contributed by atoms with Crippen molar-refractivity contribution < 1.29 is 0 Å². The van der Waals surface area contributed by atoms with E-state index in [4.69, 9.17) is 0 Å². The predicted molar refractivity (Wildman–Crippen MR) is 48.4 cm³/mol. The minimum Gasteiger partial charge on any atom is -0.0822 e. The molecule has 3 atom stereocenters. The van der Waals surface area contributed by atoms with Crippen molar-refractivity contribution in [2.75, 3.05) is 0 Å². The molecular formula is C11H18. The van der Waals surface area contributed by atoms with Gasteiger partial charge in [-0.1, -0.05) is 25.0 Å². The van der Waals surface area contributed by atoms with Crippen LogP contribution < -0.4 is 0 Å². The molecule has 0 nitrogen and oxygen atoms in total. The van der Waals surface area contributed by atoms with Crippen LogP contribution in [0.4, 0.5) is 0 Å². The van der Waals surface area contributed by atoms with E-state index < -0.39 is 0 Å². The smallest absolute Gasteiger partial charge is 0.0197 e. The van der Waals surface area contributed by atoms with Gasteiger partial charge in [0.05, 0.1) is 0 Å². The summed E-state index contributed by atoms with van der Waals surface area (Å²) in [6.07, 6.45) is 8.35. The molecule has 1 saturated carbocycles. The number of hydrogen-bond acceptors (Lipinski definition) is 0. The zero-order valence-electron chi connectivity index (χ0n) is 7.64. The van der Waals surface area contributed by atoms with E-state index in [2.05, 4.69) is 19.9 Å². The number of rotatable bonds is 0. The Bertz CT molecular complexity index is 178. The molecule has 2 aliphatic carbocycles. The van der Waals surface area contributed by atoms with Crippen LogP contribution in [-0.4, -0.2) is 0 Å². The lowest BCUT2D eigenvalue weighted by atomic mass is 9.76. The van der Waals surface area contributed by atoms with E-state index >= 15 is 0 Å². The molecule has 0 spiro atoms. The lowest BCUT2D eigenvalue weighted by molar-refractivity contribution is 0.242. The summed E-state index contributed by atoms with van der Waals surface area (Å²) < 4.78 is 0. The fourth-order valence-corrected chi connectivity index (χ4v) is 2.79. The van der Waals surface area contributed by atoms with Crippen LogP contribution >= 0.6 is 0 Å². The first-order valence-electron chi connectivity index (χ1n) is 4.93. The first-order valence-corrected chi connectivity index (χ1v) is 4.93. The maximum Gasteiger partial charge on any atom is -0.0197 e. The highest BCUT2D eigenvalue weighted by Gasteiger charge is 2.30. The Labute approximate surface area is 69.7 Å². The van der Waals surface area contributed by atoms with E-state index in [9.17, 15) is 0 Å². The number of fused-ring (bicyclic) bond motifs is 1. The van der Waals surface area contributed by atoms with Crippen molar-refractivity contribution in [1.29, 1.82) is 0 Å². The SMILES string of the molecule is CC1=CC2CC(C)CCC2C1. The van der Waals surface area contributed by atoms with Crippen LogP contribution in [0.15, 0.2) is 11.6 Å². The molecule has 0 heteroatoms. The van der Waals surface area contributed by atoms with E-state index in [1.807, 2.05) is 0 Å². The monoisotopic (exact) mass is 150 g/mol. The van der Waals surface area contributed by atoms with Gasteiger partial charge in [0.25, 0.3) is 0 Å². The van der Waals surface area contributed by atoms with Crippen molar-refractivity contribution in [2.24, 2.45) is 17.8 Å². The molecule has 2 rings (SSSR count). The highest BCUT2D eigenvalue weighted by Crippen LogP contribution is 2.42. The summed E-state index contributed by atoms with van der Waals surface area (Å²) in [5, 5.41) is 0. The molecule has 0 aromatic carbocycles. The molecule has 11 heavy (non-hydrogen) atoms. The minimum absolute atomic E-state index is 0.957. The van der Waals surface area contributed by atoms with Crippen LogP contribution in [0.2, 0.25) is 0 Å². The maximum atomic E-state index is 2.53. The predicted octanol–water partition coefficient (Wildman–Crippen LogP) is 3.39. The van der Waals surface area contributed by atoms with Crippen molar-refractivity contribution in [3.8, 4) is 0 Å². The van der Waals surface area contributed by atoms with Crippen LogP contribution in [-0.2, 0) is 0 Å². The summed E-state index contributed by atoms with van der Waals surface area (Å²) in [7, 11) is 0. The third-order valence-electron chi connectivity index (χ3n) is 3.39. The van der Waals surface area contributed by atoms with E-state index in [0.717, 1.165) is 17.8 Å². The Morgan fingerprint density at radius 3 is 3.00 bits per heavy atom. The van der Waals surface area contributed by atoms with Gasteiger partial charge in [0.15, 0.2) is 0 Å². The first-order chi connectivity index (χ1) is 5.25. The first kappa shape index (κ1) is 7.39. The van der Waals surface area contributed by atoms with Crippen LogP contribution in [0.3, 0.4) is 0 Å². The summed E-state index contributed by atoms with van der Waals surface area (Å²) in [6, 6.07) is 0. The molecule has 1 fully saturated rings. The van der Waals surface area contributed by atoms with Crippen molar-refractivity contribution in [3.05, 3.63) is 11.6 Å². The van der Waals surface area contributed by atoms with Gasteiger partial charge in [0, 0.05) is 0 Å². The van der Waals surface area contributed by atoms with E-state index in [0.29, 0.717) is 0 Å². The van der Waals surface area contributed by atoms with Gasteiger partial charge in [-0.15, -0.1) is 0 Å². The Balaban J connectivity index is 2.05. The average molecular weight is 150 g/mol. The molecule has 0 amide bonds. The molecule has 3 unspecified atom stereocenters. The quantitative estimate of drug-likeness (QED) is 0.464. The summed E-state index contributed by atoms with van der Waals surface area (Å²) in [5.41, 5.74) is 1.65. The second-order valence-corrected chi connectivity index (χ2v) is 4.56. The lowest BCUT2D eigenvalue weighted by Gasteiger charge is -2.29. The van der Waals surface area contributed by atoms with Crippen LogP contribution in [0.1, 0.15) is 39.5 Å². The van der Waals surface area contributed by atoms with Crippen molar-refractivity contribution in [3.63, 3.8) is 0 Å². The molecular weight excluding hydrogens is 132 g/mol. The fraction of sp³-hybridized carbons (Fsp3) is 0.818. The zero-order valence-corrected chi connectivity index (χ0v) is 7.64. The molecule has 0 bridgehead atoms. The van der Waals surface area contributed by atoms with Gasteiger partial charge in [-0.3, -0.25) is 0 Å². The highest BCUT2D eigenvalue weighted by atomic mass is 14.4. The van der Waals surface area contributed by atoms with Crippen molar-refractivity contribution in [2.45, 2.75) is 39.5 Å². The summed E-state index contributed by atoms with van der Waals surface area (Å²) in [5.74, 6) is 2.98. The number of hydrogen-bond donors (Lipinski definition) is 0. The fourth-order valence-electron chi connectivity index (χ4n) is 2.79. The van der Waals surface area contributed by atoms with Crippen molar-refractivity contribution in [1.82, 2.24) is 0 Å². The van der Waals surface area contributed by atoms with Gasteiger partial charge < -0.3 is 0 Å². The van der Waals surface area contributed by atoms with E-state index in [1.165, 1.54) is 25.7 Å². The highest BCUT2D eigenvalue weighted by molar-refractivity contribution is 5.12. The van der Waals surface area contributed by atoms with Gasteiger partial charge in [0.2, 0.25) is 0 Å². The third-order valence-corrected chi connectivity index (χ3v) is 3.39. The molecule has 0 radical (unpaired) electrons. The van der Waals surface area contributed by atoms with Crippen LogP contribution in [0.5, 0.6) is 0 Å². The summed E-state index contributed by atoms with van der Waals surface area (Å²) in [4.78, 5) is 0. The minimum atomic E-state index is 0.957. The molecule has 2 aliphatic rings. The Hall–Kier alpha value is -0.260. The Morgan fingerprint density at radius 1 is 1.36 bits per heavy atom. The molecule has 0 aromatic rings. The molecule has 0 N–H and O–H groups in total.